The van der Waals surface area contributed by atoms with E-state index in [1.807, 2.05) is 19.6 Å². The number of aromatic nitrogens is 2. The van der Waals surface area contributed by atoms with Crippen LogP contribution in [0, 0.1) is 0 Å². The predicted octanol–water partition coefficient (Wildman–Crippen LogP) is 1.16. The van der Waals surface area contributed by atoms with Gasteiger partial charge < -0.3 is 9.67 Å². The maximum Gasteiger partial charge on any atom is 0.0945 e. The first-order chi connectivity index (χ1) is 7.81. The number of imidazole rings is 1. The van der Waals surface area contributed by atoms with E-state index in [1.165, 1.54) is 25.1 Å². The first-order valence-electron chi connectivity index (χ1n) is 6.11. The zero-order valence-corrected chi connectivity index (χ0v) is 9.97. The third kappa shape index (κ3) is 2.62. The molecule has 4 heteroatoms. The molecule has 0 aromatic carbocycles. The Morgan fingerprint density at radius 3 is 3.12 bits per heavy atom. The molecular weight excluding hydrogens is 202 g/mol. The van der Waals surface area contributed by atoms with E-state index >= 15 is 0 Å². The fourth-order valence-electron chi connectivity index (χ4n) is 2.50. The fraction of sp³-hybridized carbons (Fsp3) is 0.750. The van der Waals surface area contributed by atoms with Crippen LogP contribution in [0.5, 0.6) is 0 Å². The Bertz CT molecular complexity index is 324. The summed E-state index contributed by atoms with van der Waals surface area (Å²) >= 11 is 0. The van der Waals surface area contributed by atoms with Crippen molar-refractivity contribution in [2.45, 2.75) is 38.3 Å². The molecule has 1 aromatic heterocycles. The summed E-state index contributed by atoms with van der Waals surface area (Å²) in [6, 6.07) is 0.655. The van der Waals surface area contributed by atoms with E-state index in [9.17, 15) is 0 Å². The number of likely N-dealkylation sites (tertiary alicyclic amines) is 1. The molecule has 1 aliphatic rings. The molecule has 1 fully saturated rings. The molecule has 1 unspecified atom stereocenters. The van der Waals surface area contributed by atoms with E-state index in [4.69, 9.17) is 5.11 Å². The molecule has 1 aromatic rings. The van der Waals surface area contributed by atoms with Crippen LogP contribution in [-0.2, 0) is 13.6 Å². The van der Waals surface area contributed by atoms with Crippen LogP contribution < -0.4 is 0 Å². The van der Waals surface area contributed by atoms with E-state index in [0.29, 0.717) is 12.6 Å². The van der Waals surface area contributed by atoms with Gasteiger partial charge in [0.15, 0.2) is 0 Å². The second-order valence-corrected chi connectivity index (χ2v) is 4.63. The minimum absolute atomic E-state index is 0.316. The maximum absolute atomic E-state index is 8.88. The smallest absolute Gasteiger partial charge is 0.0945 e. The lowest BCUT2D eigenvalue weighted by Crippen LogP contribution is -2.29. The molecule has 0 bridgehead atoms. The molecule has 4 nitrogen and oxygen atoms in total. The summed E-state index contributed by atoms with van der Waals surface area (Å²) in [6.45, 7) is 2.49. The highest BCUT2D eigenvalue weighted by Crippen LogP contribution is 2.23. The first-order valence-corrected chi connectivity index (χ1v) is 6.11. The lowest BCUT2D eigenvalue weighted by atomic mass is 10.1. The fourth-order valence-corrected chi connectivity index (χ4v) is 2.50. The third-order valence-electron chi connectivity index (χ3n) is 3.48. The molecule has 1 N–H and O–H groups in total. The summed E-state index contributed by atoms with van der Waals surface area (Å²) in [4.78, 5) is 6.67. The number of nitrogens with zero attached hydrogens (tertiary/aromatic N) is 3. The van der Waals surface area contributed by atoms with Gasteiger partial charge in [-0.1, -0.05) is 0 Å². The van der Waals surface area contributed by atoms with Gasteiger partial charge in [0.25, 0.3) is 0 Å². The van der Waals surface area contributed by atoms with Gasteiger partial charge in [-0.25, -0.2) is 4.98 Å². The number of hydrogen-bond donors (Lipinski definition) is 1. The predicted molar refractivity (Wildman–Crippen MR) is 63.0 cm³/mol. The van der Waals surface area contributed by atoms with Crippen molar-refractivity contribution in [1.29, 1.82) is 0 Å². The SMILES string of the molecule is Cn1cncc1CN1CCCC1CCCO. The highest BCUT2D eigenvalue weighted by Gasteiger charge is 2.24. The highest BCUT2D eigenvalue weighted by atomic mass is 16.2. The van der Waals surface area contributed by atoms with E-state index in [2.05, 4.69) is 14.5 Å². The Kier molecular flexibility index (Phi) is 3.96. The Labute approximate surface area is 96.9 Å². The summed E-state index contributed by atoms with van der Waals surface area (Å²) < 4.78 is 2.08. The van der Waals surface area contributed by atoms with Crippen molar-refractivity contribution in [2.75, 3.05) is 13.2 Å². The molecule has 2 heterocycles. The Hall–Kier alpha value is -0.870. The van der Waals surface area contributed by atoms with Gasteiger partial charge in [-0.15, -0.1) is 0 Å². The molecule has 0 radical (unpaired) electrons. The van der Waals surface area contributed by atoms with Crippen LogP contribution in [0.3, 0.4) is 0 Å². The number of aliphatic hydroxyl groups excluding tert-OH is 1. The van der Waals surface area contributed by atoms with Crippen LogP contribution in [0.25, 0.3) is 0 Å². The molecule has 1 saturated heterocycles. The van der Waals surface area contributed by atoms with Crippen LogP contribution in [0.15, 0.2) is 12.5 Å². The number of hydrogen-bond acceptors (Lipinski definition) is 3. The van der Waals surface area contributed by atoms with E-state index < -0.39 is 0 Å². The molecule has 1 aliphatic heterocycles. The third-order valence-corrected chi connectivity index (χ3v) is 3.48. The number of rotatable bonds is 5. The Balaban J connectivity index is 1.91. The van der Waals surface area contributed by atoms with Crippen molar-refractivity contribution >= 4 is 0 Å². The molecule has 0 spiro atoms. The van der Waals surface area contributed by atoms with Gasteiger partial charge in [-0.3, -0.25) is 4.90 Å². The van der Waals surface area contributed by atoms with Gasteiger partial charge in [-0.05, 0) is 32.2 Å². The van der Waals surface area contributed by atoms with Crippen molar-refractivity contribution in [3.63, 3.8) is 0 Å². The summed E-state index contributed by atoms with van der Waals surface area (Å²) in [5.41, 5.74) is 1.27. The van der Waals surface area contributed by atoms with Gasteiger partial charge in [0.05, 0.1) is 12.0 Å². The van der Waals surface area contributed by atoms with E-state index in [0.717, 1.165) is 19.4 Å². The van der Waals surface area contributed by atoms with Crippen LogP contribution in [0.4, 0.5) is 0 Å². The van der Waals surface area contributed by atoms with Gasteiger partial charge in [-0.2, -0.15) is 0 Å². The zero-order valence-electron chi connectivity index (χ0n) is 9.97. The lowest BCUT2D eigenvalue weighted by Gasteiger charge is -2.24. The highest BCUT2D eigenvalue weighted by molar-refractivity contribution is 4.98. The van der Waals surface area contributed by atoms with Crippen molar-refractivity contribution in [3.05, 3.63) is 18.2 Å². The van der Waals surface area contributed by atoms with Gasteiger partial charge >= 0.3 is 0 Å². The standard InChI is InChI=1S/C12H21N3O/c1-14-10-13-8-12(14)9-15-6-2-4-11(15)5-3-7-16/h8,10-11,16H,2-7,9H2,1H3. The van der Waals surface area contributed by atoms with E-state index in [-0.39, 0.29) is 0 Å². The van der Waals surface area contributed by atoms with Crippen molar-refractivity contribution in [1.82, 2.24) is 14.5 Å². The minimum Gasteiger partial charge on any atom is -0.396 e. The molecule has 0 saturated carbocycles. The average Bonchev–Trinajstić information content (AvgIpc) is 2.87. The van der Waals surface area contributed by atoms with Crippen molar-refractivity contribution in [2.24, 2.45) is 7.05 Å². The molecule has 2 rings (SSSR count). The van der Waals surface area contributed by atoms with Crippen LogP contribution in [0.1, 0.15) is 31.4 Å². The molecule has 0 aliphatic carbocycles. The quantitative estimate of drug-likeness (QED) is 0.814. The molecule has 90 valence electrons. The summed E-state index contributed by atoms with van der Waals surface area (Å²) in [5, 5.41) is 8.88. The lowest BCUT2D eigenvalue weighted by molar-refractivity contribution is 0.207. The summed E-state index contributed by atoms with van der Waals surface area (Å²) in [5.74, 6) is 0. The first kappa shape index (κ1) is 11.6. The molecule has 1 atom stereocenters. The van der Waals surface area contributed by atoms with Crippen LogP contribution >= 0.6 is 0 Å². The maximum atomic E-state index is 8.88. The Morgan fingerprint density at radius 1 is 1.56 bits per heavy atom. The zero-order chi connectivity index (χ0) is 11.4. The monoisotopic (exact) mass is 223 g/mol. The minimum atomic E-state index is 0.316. The Morgan fingerprint density at radius 2 is 2.44 bits per heavy atom. The van der Waals surface area contributed by atoms with Gasteiger partial charge in [0.2, 0.25) is 0 Å². The number of aliphatic hydroxyl groups is 1. The topological polar surface area (TPSA) is 41.3 Å². The van der Waals surface area contributed by atoms with Gasteiger partial charge in [0.1, 0.15) is 0 Å². The van der Waals surface area contributed by atoms with E-state index in [1.54, 1.807) is 0 Å². The normalized spacial score (nSPS) is 21.8. The largest absolute Gasteiger partial charge is 0.396 e. The summed E-state index contributed by atoms with van der Waals surface area (Å²) in [7, 11) is 2.04. The second-order valence-electron chi connectivity index (χ2n) is 4.63. The van der Waals surface area contributed by atoms with Crippen molar-refractivity contribution < 1.29 is 5.11 Å². The number of aryl methyl sites for hydroxylation is 1. The van der Waals surface area contributed by atoms with Crippen LogP contribution in [0.2, 0.25) is 0 Å². The van der Waals surface area contributed by atoms with Gasteiger partial charge in [0, 0.05) is 32.4 Å². The summed E-state index contributed by atoms with van der Waals surface area (Å²) in [6.07, 6.45) is 8.41. The van der Waals surface area contributed by atoms with Crippen molar-refractivity contribution in [3.8, 4) is 0 Å². The molecule has 16 heavy (non-hydrogen) atoms. The van der Waals surface area contributed by atoms with Crippen LogP contribution in [-0.4, -0.2) is 38.8 Å². The molecule has 0 amide bonds. The molecular formula is C12H21N3O. The second kappa shape index (κ2) is 5.46. The average molecular weight is 223 g/mol.